The van der Waals surface area contributed by atoms with E-state index in [-0.39, 0.29) is 17.4 Å². The van der Waals surface area contributed by atoms with Crippen molar-refractivity contribution in [2.75, 3.05) is 0 Å². The van der Waals surface area contributed by atoms with Gasteiger partial charge in [-0.15, -0.1) is 11.3 Å². The average molecular weight is 334 g/mol. The zero-order valence-corrected chi connectivity index (χ0v) is 16.2. The lowest BCUT2D eigenvalue weighted by Crippen LogP contribution is -2.35. The van der Waals surface area contributed by atoms with E-state index in [2.05, 4.69) is 44.9 Å². The molecule has 0 aliphatic heterocycles. The zero-order chi connectivity index (χ0) is 17.5. The van der Waals surface area contributed by atoms with Crippen LogP contribution in [0, 0.1) is 19.8 Å². The Morgan fingerprint density at radius 2 is 1.74 bits per heavy atom. The molecule has 0 saturated heterocycles. The van der Waals surface area contributed by atoms with Crippen molar-refractivity contribution < 1.29 is 4.79 Å². The molecule has 2 rings (SSSR count). The number of nitrogens with zero attached hydrogens (tertiary/aromatic N) is 2. The Bertz CT molecular complexity index is 741. The third kappa shape index (κ3) is 3.55. The van der Waals surface area contributed by atoms with Crippen molar-refractivity contribution >= 4 is 27.5 Å². The van der Waals surface area contributed by atoms with Gasteiger partial charge in [-0.25, -0.2) is 9.97 Å². The summed E-state index contributed by atoms with van der Waals surface area (Å²) in [4.78, 5) is 23.6. The van der Waals surface area contributed by atoms with E-state index in [1.165, 1.54) is 11.3 Å². The van der Waals surface area contributed by atoms with Gasteiger partial charge in [0.15, 0.2) is 0 Å². The summed E-state index contributed by atoms with van der Waals surface area (Å²) in [6.45, 7) is 16.5. The topological polar surface area (TPSA) is 54.9 Å². The highest BCUT2D eigenvalue weighted by Gasteiger charge is 2.24. The lowest BCUT2D eigenvalue weighted by atomic mass is 9.95. The van der Waals surface area contributed by atoms with Gasteiger partial charge in [-0.2, -0.15) is 0 Å². The molecule has 2 heterocycles. The molecule has 5 heteroatoms. The van der Waals surface area contributed by atoms with Crippen LogP contribution in [0.3, 0.4) is 0 Å². The summed E-state index contributed by atoms with van der Waals surface area (Å²) in [7, 11) is 0. The molecule has 1 N–H and O–H groups in total. The molecule has 0 fully saturated rings. The molecule has 0 bridgehead atoms. The molecule has 1 amide bonds. The van der Waals surface area contributed by atoms with Crippen LogP contribution in [0.2, 0.25) is 0 Å². The van der Waals surface area contributed by atoms with Gasteiger partial charge >= 0.3 is 0 Å². The van der Waals surface area contributed by atoms with E-state index in [0.29, 0.717) is 5.92 Å². The maximum Gasteiger partial charge on any atom is 0.261 e. The third-order valence-corrected chi connectivity index (χ3v) is 5.39. The van der Waals surface area contributed by atoms with E-state index in [1.807, 2.05) is 20.8 Å². The monoisotopic (exact) mass is 333 g/mol. The Morgan fingerprint density at radius 3 is 2.26 bits per heavy atom. The van der Waals surface area contributed by atoms with Gasteiger partial charge in [-0.05, 0) is 32.3 Å². The lowest BCUT2D eigenvalue weighted by molar-refractivity contribution is 0.0934. The summed E-state index contributed by atoms with van der Waals surface area (Å²) >= 11 is 1.47. The van der Waals surface area contributed by atoms with Gasteiger partial charge in [0.2, 0.25) is 0 Å². The minimum absolute atomic E-state index is 0.0107. The van der Waals surface area contributed by atoms with Crippen LogP contribution < -0.4 is 5.32 Å². The first kappa shape index (κ1) is 17.9. The molecule has 0 aliphatic carbocycles. The number of rotatable bonds is 3. The molecule has 2 aromatic heterocycles. The molecule has 0 aromatic carbocycles. The van der Waals surface area contributed by atoms with Crippen molar-refractivity contribution in [2.24, 2.45) is 5.92 Å². The fourth-order valence-electron chi connectivity index (χ4n) is 2.33. The lowest BCUT2D eigenvalue weighted by Gasteiger charge is -2.17. The summed E-state index contributed by atoms with van der Waals surface area (Å²) in [5.41, 5.74) is 1.83. The molecule has 1 atom stereocenters. The van der Waals surface area contributed by atoms with Crippen molar-refractivity contribution in [2.45, 2.75) is 66.8 Å². The quantitative estimate of drug-likeness (QED) is 0.907. The van der Waals surface area contributed by atoms with Gasteiger partial charge < -0.3 is 5.32 Å². The van der Waals surface area contributed by atoms with Crippen molar-refractivity contribution in [3.8, 4) is 0 Å². The van der Waals surface area contributed by atoms with Gasteiger partial charge in [-0.1, -0.05) is 34.6 Å². The number of nitrogens with one attached hydrogen (secondary N) is 1. The molecule has 23 heavy (non-hydrogen) atoms. The second-order valence-corrected chi connectivity index (χ2v) is 8.62. The molecule has 4 nitrogen and oxygen atoms in total. The number of hydrogen-bond donors (Lipinski definition) is 1. The number of aromatic nitrogens is 2. The Labute approximate surface area is 142 Å². The molecule has 0 spiro atoms. The number of thiophene rings is 1. The van der Waals surface area contributed by atoms with Crippen LogP contribution in [0.15, 0.2) is 0 Å². The Hall–Kier alpha value is -1.49. The molecule has 1 unspecified atom stereocenters. The van der Waals surface area contributed by atoms with Crippen molar-refractivity contribution in [3.63, 3.8) is 0 Å². The predicted octanol–water partition coefficient (Wildman–Crippen LogP) is 4.38. The number of carbonyl (C=O) groups is 1. The number of amides is 1. The fourth-order valence-corrected chi connectivity index (χ4v) is 3.47. The van der Waals surface area contributed by atoms with Crippen LogP contribution >= 0.6 is 11.3 Å². The highest BCUT2D eigenvalue weighted by Crippen LogP contribution is 2.33. The highest BCUT2D eigenvalue weighted by molar-refractivity contribution is 7.20. The van der Waals surface area contributed by atoms with E-state index in [4.69, 9.17) is 4.98 Å². The SMILES string of the molecule is Cc1nc(C(C)(C)C)nc2sc(C(=O)NC(C)C(C)C)c(C)c12. The van der Waals surface area contributed by atoms with Crippen molar-refractivity contribution in [1.82, 2.24) is 15.3 Å². The number of carbonyl (C=O) groups excluding carboxylic acids is 1. The normalized spacial score (nSPS) is 13.6. The van der Waals surface area contributed by atoms with E-state index in [1.54, 1.807) is 0 Å². The first-order valence-electron chi connectivity index (χ1n) is 8.11. The minimum Gasteiger partial charge on any atom is -0.349 e. The van der Waals surface area contributed by atoms with E-state index in [0.717, 1.165) is 32.2 Å². The van der Waals surface area contributed by atoms with E-state index >= 15 is 0 Å². The Kier molecular flexibility index (Phi) is 4.81. The fraction of sp³-hybridized carbons (Fsp3) is 0.611. The van der Waals surface area contributed by atoms with Gasteiger partial charge in [0.25, 0.3) is 5.91 Å². The van der Waals surface area contributed by atoms with Gasteiger partial charge in [0, 0.05) is 16.8 Å². The van der Waals surface area contributed by atoms with Crippen molar-refractivity contribution in [1.29, 1.82) is 0 Å². The maximum absolute atomic E-state index is 12.6. The van der Waals surface area contributed by atoms with Crippen LogP contribution in [0.4, 0.5) is 0 Å². The second-order valence-electron chi connectivity index (χ2n) is 7.63. The first-order valence-corrected chi connectivity index (χ1v) is 8.93. The van der Waals surface area contributed by atoms with Crippen LogP contribution in [0.5, 0.6) is 0 Å². The van der Waals surface area contributed by atoms with Gasteiger partial charge in [0.05, 0.1) is 10.6 Å². The summed E-state index contributed by atoms with van der Waals surface area (Å²) in [5.74, 6) is 1.22. The average Bonchev–Trinajstić information content (AvgIpc) is 2.75. The standard InChI is InChI=1S/C18H27N3OS/c1-9(2)11(4)19-15(22)14-10(3)13-12(5)20-17(18(6,7)8)21-16(13)23-14/h9,11H,1-8H3,(H,19,22). The summed E-state index contributed by atoms with van der Waals surface area (Å²) < 4.78 is 0. The van der Waals surface area contributed by atoms with Crippen LogP contribution in [0.1, 0.15) is 68.3 Å². The van der Waals surface area contributed by atoms with Crippen LogP contribution in [-0.4, -0.2) is 21.9 Å². The molecular formula is C18H27N3OS. The minimum atomic E-state index is -0.106. The van der Waals surface area contributed by atoms with Crippen LogP contribution in [0.25, 0.3) is 10.2 Å². The molecule has 0 aliphatic rings. The van der Waals surface area contributed by atoms with Gasteiger partial charge in [-0.3, -0.25) is 4.79 Å². The highest BCUT2D eigenvalue weighted by atomic mass is 32.1. The van der Waals surface area contributed by atoms with E-state index < -0.39 is 0 Å². The predicted molar refractivity (Wildman–Crippen MR) is 97.4 cm³/mol. The second kappa shape index (κ2) is 6.19. The smallest absolute Gasteiger partial charge is 0.261 e. The molecule has 0 saturated carbocycles. The largest absolute Gasteiger partial charge is 0.349 e. The maximum atomic E-state index is 12.6. The molecule has 2 aromatic rings. The van der Waals surface area contributed by atoms with E-state index in [9.17, 15) is 4.79 Å². The summed E-state index contributed by atoms with van der Waals surface area (Å²) in [6.07, 6.45) is 0. The number of aryl methyl sites for hydroxylation is 2. The summed E-state index contributed by atoms with van der Waals surface area (Å²) in [5, 5.41) is 4.10. The van der Waals surface area contributed by atoms with Crippen molar-refractivity contribution in [3.05, 3.63) is 22.0 Å². The summed E-state index contributed by atoms with van der Waals surface area (Å²) in [6, 6.07) is 0.143. The molecule has 126 valence electrons. The number of fused-ring (bicyclic) bond motifs is 1. The Balaban J connectivity index is 2.50. The Morgan fingerprint density at radius 1 is 1.13 bits per heavy atom. The molecule has 0 radical (unpaired) electrons. The first-order chi connectivity index (χ1) is 10.5. The van der Waals surface area contributed by atoms with Gasteiger partial charge in [0.1, 0.15) is 10.7 Å². The number of hydrogen-bond acceptors (Lipinski definition) is 4. The molecular weight excluding hydrogens is 306 g/mol. The third-order valence-electron chi connectivity index (χ3n) is 4.21. The zero-order valence-electron chi connectivity index (χ0n) is 15.4. The van der Waals surface area contributed by atoms with Crippen LogP contribution in [-0.2, 0) is 5.41 Å².